The predicted octanol–water partition coefficient (Wildman–Crippen LogP) is 1.91. The first-order valence-corrected chi connectivity index (χ1v) is 5.34. The van der Waals surface area contributed by atoms with Crippen molar-refractivity contribution in [3.05, 3.63) is 11.4 Å². The Hall–Kier alpha value is -1.32. The number of nitrogen functional groups attached to an aromatic ring is 1. The smallest absolute Gasteiger partial charge is 0.137 e. The molecule has 0 aliphatic carbocycles. The van der Waals surface area contributed by atoms with Crippen molar-refractivity contribution < 1.29 is 0 Å². The highest BCUT2D eigenvalue weighted by atomic mass is 15.2. The zero-order valence-corrected chi connectivity index (χ0v) is 10.2. The van der Waals surface area contributed by atoms with Crippen LogP contribution in [-0.2, 0) is 0 Å². The van der Waals surface area contributed by atoms with E-state index in [1.54, 1.807) is 0 Å². The van der Waals surface area contributed by atoms with Gasteiger partial charge in [-0.25, -0.2) is 9.97 Å². The van der Waals surface area contributed by atoms with Crippen LogP contribution in [0.25, 0.3) is 0 Å². The molecule has 1 aromatic heterocycles. The summed E-state index contributed by atoms with van der Waals surface area (Å²) in [7, 11) is 0. The molecular formula is C11H20N4. The van der Waals surface area contributed by atoms with Crippen LogP contribution in [0.15, 0.2) is 0 Å². The fraction of sp³-hybridized carbons (Fsp3) is 0.636. The molecule has 0 spiro atoms. The van der Waals surface area contributed by atoms with Crippen molar-refractivity contribution in [1.82, 2.24) is 9.97 Å². The molecule has 84 valence electrons. The molecule has 0 amide bonds. The maximum Gasteiger partial charge on any atom is 0.137 e. The average Bonchev–Trinajstić information content (AvgIpc) is 2.13. The average molecular weight is 208 g/mol. The molecule has 0 atom stereocenters. The van der Waals surface area contributed by atoms with E-state index in [1.165, 1.54) is 0 Å². The Balaban J connectivity index is 3.22. The molecule has 1 rings (SSSR count). The molecule has 0 aromatic carbocycles. The SMILES string of the molecule is CCN(c1nc(C)nc(N)c1C)C(C)C. The van der Waals surface area contributed by atoms with E-state index in [9.17, 15) is 0 Å². The van der Waals surface area contributed by atoms with Crippen LogP contribution in [0.4, 0.5) is 11.6 Å². The minimum atomic E-state index is 0.419. The van der Waals surface area contributed by atoms with E-state index in [2.05, 4.69) is 35.6 Å². The number of hydrogen-bond donors (Lipinski definition) is 1. The lowest BCUT2D eigenvalue weighted by Crippen LogP contribution is -2.32. The van der Waals surface area contributed by atoms with Gasteiger partial charge in [0, 0.05) is 18.2 Å². The first-order chi connectivity index (χ1) is 6.97. The summed E-state index contributed by atoms with van der Waals surface area (Å²) < 4.78 is 0. The second-order valence-corrected chi connectivity index (χ2v) is 3.98. The Morgan fingerprint density at radius 1 is 1.27 bits per heavy atom. The zero-order valence-electron chi connectivity index (χ0n) is 10.2. The largest absolute Gasteiger partial charge is 0.383 e. The normalized spacial score (nSPS) is 10.8. The number of anilines is 2. The van der Waals surface area contributed by atoms with Gasteiger partial charge in [0.05, 0.1) is 0 Å². The Labute approximate surface area is 91.5 Å². The van der Waals surface area contributed by atoms with Crippen molar-refractivity contribution in [2.75, 3.05) is 17.2 Å². The van der Waals surface area contributed by atoms with Gasteiger partial charge in [0.1, 0.15) is 17.5 Å². The van der Waals surface area contributed by atoms with E-state index in [1.807, 2.05) is 13.8 Å². The summed E-state index contributed by atoms with van der Waals surface area (Å²) in [5.41, 5.74) is 6.80. The van der Waals surface area contributed by atoms with Gasteiger partial charge in [0.15, 0.2) is 0 Å². The molecule has 15 heavy (non-hydrogen) atoms. The third kappa shape index (κ3) is 2.37. The highest BCUT2D eigenvalue weighted by Crippen LogP contribution is 2.22. The Morgan fingerprint density at radius 2 is 1.87 bits per heavy atom. The molecule has 0 saturated carbocycles. The van der Waals surface area contributed by atoms with E-state index in [-0.39, 0.29) is 0 Å². The molecule has 1 aromatic rings. The Morgan fingerprint density at radius 3 is 2.33 bits per heavy atom. The first kappa shape index (κ1) is 11.8. The number of aryl methyl sites for hydroxylation is 1. The third-order valence-corrected chi connectivity index (χ3v) is 2.51. The van der Waals surface area contributed by atoms with Crippen LogP contribution >= 0.6 is 0 Å². The molecule has 2 N–H and O–H groups in total. The lowest BCUT2D eigenvalue weighted by molar-refractivity contribution is 0.687. The molecule has 0 fully saturated rings. The molecule has 4 heteroatoms. The van der Waals surface area contributed by atoms with Crippen molar-refractivity contribution in [2.45, 2.75) is 40.7 Å². The monoisotopic (exact) mass is 208 g/mol. The Kier molecular flexibility index (Phi) is 3.50. The fourth-order valence-electron chi connectivity index (χ4n) is 1.67. The minimum Gasteiger partial charge on any atom is -0.383 e. The second-order valence-electron chi connectivity index (χ2n) is 3.98. The maximum absolute atomic E-state index is 5.84. The van der Waals surface area contributed by atoms with Crippen molar-refractivity contribution in [3.8, 4) is 0 Å². The molecule has 0 aliphatic heterocycles. The number of aromatic nitrogens is 2. The summed E-state index contributed by atoms with van der Waals surface area (Å²) in [5.74, 6) is 2.27. The standard InChI is InChI=1S/C11H20N4/c1-6-15(7(2)3)11-8(4)10(12)13-9(5)14-11/h7H,6H2,1-5H3,(H2,12,13,14). The fourth-order valence-corrected chi connectivity index (χ4v) is 1.67. The van der Waals surface area contributed by atoms with Gasteiger partial charge in [-0.1, -0.05) is 0 Å². The molecule has 0 unspecified atom stereocenters. The lowest BCUT2D eigenvalue weighted by atomic mass is 10.2. The van der Waals surface area contributed by atoms with Gasteiger partial charge < -0.3 is 10.6 Å². The summed E-state index contributed by atoms with van der Waals surface area (Å²) in [6.45, 7) is 11.2. The van der Waals surface area contributed by atoms with Gasteiger partial charge in [0.25, 0.3) is 0 Å². The van der Waals surface area contributed by atoms with Crippen molar-refractivity contribution in [3.63, 3.8) is 0 Å². The molecule has 0 bridgehead atoms. The summed E-state index contributed by atoms with van der Waals surface area (Å²) in [6, 6.07) is 0.419. The highest BCUT2D eigenvalue weighted by Gasteiger charge is 2.15. The number of hydrogen-bond acceptors (Lipinski definition) is 4. The van der Waals surface area contributed by atoms with Crippen LogP contribution in [0, 0.1) is 13.8 Å². The number of nitrogens with two attached hydrogens (primary N) is 1. The van der Waals surface area contributed by atoms with E-state index in [0.29, 0.717) is 11.9 Å². The van der Waals surface area contributed by atoms with E-state index < -0.39 is 0 Å². The van der Waals surface area contributed by atoms with E-state index >= 15 is 0 Å². The summed E-state index contributed by atoms with van der Waals surface area (Å²) >= 11 is 0. The van der Waals surface area contributed by atoms with Crippen LogP contribution in [0.3, 0.4) is 0 Å². The zero-order chi connectivity index (χ0) is 11.6. The van der Waals surface area contributed by atoms with Crippen LogP contribution in [-0.4, -0.2) is 22.6 Å². The van der Waals surface area contributed by atoms with Crippen molar-refractivity contribution in [2.24, 2.45) is 0 Å². The van der Waals surface area contributed by atoms with E-state index in [4.69, 9.17) is 5.73 Å². The van der Waals surface area contributed by atoms with Crippen LogP contribution in [0.5, 0.6) is 0 Å². The molecule has 0 aliphatic rings. The topological polar surface area (TPSA) is 55.0 Å². The molecular weight excluding hydrogens is 188 g/mol. The van der Waals surface area contributed by atoms with Crippen LogP contribution in [0.1, 0.15) is 32.2 Å². The first-order valence-electron chi connectivity index (χ1n) is 5.34. The second kappa shape index (κ2) is 4.47. The maximum atomic E-state index is 5.84. The van der Waals surface area contributed by atoms with Gasteiger partial charge >= 0.3 is 0 Å². The third-order valence-electron chi connectivity index (χ3n) is 2.51. The van der Waals surface area contributed by atoms with Gasteiger partial charge in [0.2, 0.25) is 0 Å². The molecule has 4 nitrogen and oxygen atoms in total. The highest BCUT2D eigenvalue weighted by molar-refractivity contribution is 5.56. The predicted molar refractivity (Wildman–Crippen MR) is 64.1 cm³/mol. The summed E-state index contributed by atoms with van der Waals surface area (Å²) in [5, 5.41) is 0. The quantitative estimate of drug-likeness (QED) is 0.824. The van der Waals surface area contributed by atoms with Crippen LogP contribution < -0.4 is 10.6 Å². The molecule has 1 heterocycles. The van der Waals surface area contributed by atoms with Crippen molar-refractivity contribution >= 4 is 11.6 Å². The van der Waals surface area contributed by atoms with Gasteiger partial charge in [-0.2, -0.15) is 0 Å². The van der Waals surface area contributed by atoms with Crippen LogP contribution in [0.2, 0.25) is 0 Å². The number of rotatable bonds is 3. The van der Waals surface area contributed by atoms with E-state index in [0.717, 1.165) is 23.8 Å². The van der Waals surface area contributed by atoms with Gasteiger partial charge in [-0.15, -0.1) is 0 Å². The molecule has 0 saturated heterocycles. The summed E-state index contributed by atoms with van der Waals surface area (Å²) in [6.07, 6.45) is 0. The lowest BCUT2D eigenvalue weighted by Gasteiger charge is -2.28. The van der Waals surface area contributed by atoms with Crippen molar-refractivity contribution in [1.29, 1.82) is 0 Å². The summed E-state index contributed by atoms with van der Waals surface area (Å²) in [4.78, 5) is 10.8. The molecule has 0 radical (unpaired) electrons. The van der Waals surface area contributed by atoms with Gasteiger partial charge in [-0.3, -0.25) is 0 Å². The van der Waals surface area contributed by atoms with Gasteiger partial charge in [-0.05, 0) is 34.6 Å². The minimum absolute atomic E-state index is 0.419. The number of nitrogens with zero attached hydrogens (tertiary/aromatic N) is 3. The Bertz CT molecular complexity index is 347.